The molecule has 1 heterocycles. The Hall–Kier alpha value is -2.81. The minimum absolute atomic E-state index is 0.285. The van der Waals surface area contributed by atoms with Crippen LogP contribution in [0.25, 0.3) is 0 Å². The molecule has 0 spiro atoms. The number of carbonyl (C=O) groups excluding carboxylic acids is 1. The first-order valence-electron chi connectivity index (χ1n) is 8.86. The highest BCUT2D eigenvalue weighted by Gasteiger charge is 2.74. The summed E-state index contributed by atoms with van der Waals surface area (Å²) in [6, 6.07) is 7.11. The van der Waals surface area contributed by atoms with Crippen molar-refractivity contribution in [2.75, 3.05) is 11.1 Å². The molecule has 172 valence electrons. The number of nitrogens with one attached hydrogen (secondary N) is 1. The number of hydrogen-bond donors (Lipinski definition) is 1. The third-order valence-electron chi connectivity index (χ3n) is 4.36. The molecule has 1 aromatic carbocycles. The van der Waals surface area contributed by atoms with E-state index in [-0.39, 0.29) is 11.1 Å². The van der Waals surface area contributed by atoms with Crippen LogP contribution in [0, 0.1) is 32.1 Å². The fraction of sp³-hybridized carbons (Fsp3) is 0.350. The smallest absolute Gasteiger partial charge is 0.325 e. The molecule has 0 atom stereocenters. The van der Waals surface area contributed by atoms with Crippen molar-refractivity contribution in [3.63, 3.8) is 0 Å². The van der Waals surface area contributed by atoms with Gasteiger partial charge in [0.25, 0.3) is 0 Å². The van der Waals surface area contributed by atoms with Gasteiger partial charge in [-0.2, -0.15) is 36.0 Å². The average Bonchev–Trinajstić information content (AvgIpc) is 2.67. The van der Waals surface area contributed by atoms with Gasteiger partial charge in [-0.25, -0.2) is 4.98 Å². The summed E-state index contributed by atoms with van der Waals surface area (Å²) in [7, 11) is 0. The normalized spacial score (nSPS) is 12.4. The second kappa shape index (κ2) is 8.97. The number of aromatic nitrogens is 1. The van der Waals surface area contributed by atoms with Crippen LogP contribution in [0.2, 0.25) is 0 Å². The molecular formula is C20H16F7N3OS. The van der Waals surface area contributed by atoms with E-state index in [0.29, 0.717) is 23.5 Å². The lowest BCUT2D eigenvalue weighted by Gasteiger charge is -2.28. The van der Waals surface area contributed by atoms with Gasteiger partial charge in [0.2, 0.25) is 5.91 Å². The second-order valence-corrected chi connectivity index (χ2v) is 7.88. The van der Waals surface area contributed by atoms with Crippen molar-refractivity contribution in [3.8, 4) is 6.07 Å². The Balaban J connectivity index is 2.33. The predicted octanol–water partition coefficient (Wildman–Crippen LogP) is 5.90. The van der Waals surface area contributed by atoms with Crippen molar-refractivity contribution in [2.45, 2.75) is 43.8 Å². The molecule has 1 N–H and O–H groups in total. The standard InChI is InChI=1S/C20H16F7N3OS/c1-10-4-5-14(12(3)6-10)29-16(31)9-32-17-13(8-28)11(2)7-15(30-17)18(21,22)19(23,24)20(25,26)27/h4-7H,9H2,1-3H3,(H,29,31). The Morgan fingerprint density at radius 1 is 1.06 bits per heavy atom. The SMILES string of the molecule is Cc1ccc(NC(=O)CSc2nc(C(F)(F)C(F)(F)C(F)(F)F)cc(C)c2C#N)c(C)c1. The van der Waals surface area contributed by atoms with E-state index >= 15 is 0 Å². The van der Waals surface area contributed by atoms with Crippen molar-refractivity contribution >= 4 is 23.4 Å². The van der Waals surface area contributed by atoms with E-state index in [9.17, 15) is 40.8 Å². The number of amides is 1. The Labute approximate surface area is 182 Å². The third kappa shape index (κ3) is 4.98. The molecule has 0 saturated heterocycles. The molecule has 0 unspecified atom stereocenters. The Morgan fingerprint density at radius 2 is 1.69 bits per heavy atom. The van der Waals surface area contributed by atoms with Crippen molar-refractivity contribution in [1.29, 1.82) is 5.26 Å². The number of alkyl halides is 7. The summed E-state index contributed by atoms with van der Waals surface area (Å²) in [5.41, 5.74) is -0.297. The van der Waals surface area contributed by atoms with Crippen molar-refractivity contribution in [3.05, 3.63) is 52.2 Å². The zero-order chi connectivity index (χ0) is 24.5. The van der Waals surface area contributed by atoms with Gasteiger partial charge >= 0.3 is 18.0 Å². The van der Waals surface area contributed by atoms with E-state index in [0.717, 1.165) is 18.1 Å². The van der Waals surface area contributed by atoms with Crippen LogP contribution in [-0.4, -0.2) is 28.7 Å². The monoisotopic (exact) mass is 479 g/mol. The number of aryl methyl sites for hydroxylation is 3. The lowest BCUT2D eigenvalue weighted by molar-refractivity contribution is -0.360. The molecule has 2 rings (SSSR count). The number of nitriles is 1. The lowest BCUT2D eigenvalue weighted by atomic mass is 10.0. The van der Waals surface area contributed by atoms with Gasteiger partial charge in [0.15, 0.2) is 0 Å². The van der Waals surface area contributed by atoms with Gasteiger partial charge in [0, 0.05) is 5.69 Å². The summed E-state index contributed by atoms with van der Waals surface area (Å²) in [5, 5.41) is 11.2. The highest BCUT2D eigenvalue weighted by atomic mass is 32.2. The quantitative estimate of drug-likeness (QED) is 0.414. The van der Waals surface area contributed by atoms with Crippen LogP contribution in [-0.2, 0) is 10.7 Å². The Morgan fingerprint density at radius 3 is 2.22 bits per heavy atom. The minimum Gasteiger partial charge on any atom is -0.325 e. The molecule has 0 aliphatic rings. The van der Waals surface area contributed by atoms with E-state index in [4.69, 9.17) is 0 Å². The fourth-order valence-electron chi connectivity index (χ4n) is 2.66. The van der Waals surface area contributed by atoms with Crippen molar-refractivity contribution in [1.82, 2.24) is 4.98 Å². The number of benzene rings is 1. The average molecular weight is 479 g/mol. The molecule has 0 radical (unpaired) electrons. The van der Waals surface area contributed by atoms with Crippen LogP contribution in [0.1, 0.15) is 27.9 Å². The van der Waals surface area contributed by atoms with Crippen LogP contribution in [0.15, 0.2) is 29.3 Å². The highest BCUT2D eigenvalue weighted by molar-refractivity contribution is 8.00. The van der Waals surface area contributed by atoms with Gasteiger partial charge < -0.3 is 5.32 Å². The molecule has 0 aliphatic heterocycles. The van der Waals surface area contributed by atoms with Crippen LogP contribution in [0.3, 0.4) is 0 Å². The predicted molar refractivity (Wildman–Crippen MR) is 104 cm³/mol. The number of anilines is 1. The number of thioether (sulfide) groups is 1. The Kier molecular flexibility index (Phi) is 7.14. The molecule has 32 heavy (non-hydrogen) atoms. The second-order valence-electron chi connectivity index (χ2n) is 6.92. The number of rotatable bonds is 6. The number of nitrogens with zero attached hydrogens (tertiary/aromatic N) is 2. The first-order valence-corrected chi connectivity index (χ1v) is 9.85. The summed E-state index contributed by atoms with van der Waals surface area (Å²) in [6.45, 7) is 4.67. The summed E-state index contributed by atoms with van der Waals surface area (Å²) < 4.78 is 92.5. The van der Waals surface area contributed by atoms with Gasteiger partial charge in [-0.15, -0.1) is 0 Å². The van der Waals surface area contributed by atoms with Gasteiger partial charge in [0.05, 0.1) is 11.3 Å². The zero-order valence-corrected chi connectivity index (χ0v) is 17.7. The molecule has 1 aromatic heterocycles. The van der Waals surface area contributed by atoms with Crippen molar-refractivity contribution in [2.24, 2.45) is 0 Å². The van der Waals surface area contributed by atoms with Crippen LogP contribution < -0.4 is 5.32 Å². The topological polar surface area (TPSA) is 65.8 Å². The summed E-state index contributed by atoms with van der Waals surface area (Å²) in [4.78, 5) is 15.4. The Bertz CT molecular complexity index is 1080. The van der Waals surface area contributed by atoms with Crippen LogP contribution in [0.4, 0.5) is 36.4 Å². The molecule has 4 nitrogen and oxygen atoms in total. The number of hydrogen-bond acceptors (Lipinski definition) is 4. The number of pyridine rings is 1. The van der Waals surface area contributed by atoms with Gasteiger partial charge in [-0.1, -0.05) is 29.5 Å². The molecule has 12 heteroatoms. The summed E-state index contributed by atoms with van der Waals surface area (Å²) >= 11 is 0.465. The van der Waals surface area contributed by atoms with Gasteiger partial charge in [0.1, 0.15) is 16.8 Å². The molecule has 0 bridgehead atoms. The number of halogens is 7. The maximum absolute atomic E-state index is 14.1. The molecule has 2 aromatic rings. The van der Waals surface area contributed by atoms with E-state index in [1.165, 1.54) is 0 Å². The van der Waals surface area contributed by atoms with E-state index in [1.54, 1.807) is 31.2 Å². The van der Waals surface area contributed by atoms with E-state index in [1.807, 2.05) is 6.92 Å². The summed E-state index contributed by atoms with van der Waals surface area (Å²) in [5.74, 6) is -13.2. The minimum atomic E-state index is -6.53. The number of carbonyl (C=O) groups is 1. The van der Waals surface area contributed by atoms with Crippen LogP contribution in [0.5, 0.6) is 0 Å². The van der Waals surface area contributed by atoms with Crippen LogP contribution >= 0.6 is 11.8 Å². The van der Waals surface area contributed by atoms with E-state index < -0.39 is 40.4 Å². The zero-order valence-electron chi connectivity index (χ0n) is 16.9. The molecular weight excluding hydrogens is 463 g/mol. The van der Waals surface area contributed by atoms with E-state index in [2.05, 4.69) is 10.3 Å². The maximum atomic E-state index is 14.1. The first kappa shape index (κ1) is 25.5. The third-order valence-corrected chi connectivity index (χ3v) is 5.34. The highest BCUT2D eigenvalue weighted by Crippen LogP contribution is 2.51. The largest absolute Gasteiger partial charge is 0.460 e. The lowest BCUT2D eigenvalue weighted by Crippen LogP contribution is -2.50. The van der Waals surface area contributed by atoms with Gasteiger partial charge in [-0.05, 0) is 44.0 Å². The maximum Gasteiger partial charge on any atom is 0.460 e. The van der Waals surface area contributed by atoms with Gasteiger partial charge in [-0.3, -0.25) is 4.79 Å². The fourth-order valence-corrected chi connectivity index (χ4v) is 3.51. The molecule has 1 amide bonds. The first-order chi connectivity index (χ1) is 14.6. The molecule has 0 saturated carbocycles. The molecule has 0 aliphatic carbocycles. The summed E-state index contributed by atoms with van der Waals surface area (Å²) in [6.07, 6.45) is -6.53. The van der Waals surface area contributed by atoms with Crippen molar-refractivity contribution < 1.29 is 35.5 Å². The molecule has 0 fully saturated rings.